The first kappa shape index (κ1) is 14.9. The molecule has 1 amide bonds. The van der Waals surface area contributed by atoms with Crippen LogP contribution in [0.15, 0.2) is 65.8 Å². The Morgan fingerprint density at radius 3 is 2.92 bits per heavy atom. The van der Waals surface area contributed by atoms with Gasteiger partial charge in [0.1, 0.15) is 6.04 Å². The minimum absolute atomic E-state index is 0.172. The molecule has 0 aliphatic carbocycles. The third-order valence-corrected chi connectivity index (χ3v) is 4.92. The van der Waals surface area contributed by atoms with Gasteiger partial charge in [0.2, 0.25) is 5.76 Å². The summed E-state index contributed by atoms with van der Waals surface area (Å²) in [6.45, 7) is 0.590. The van der Waals surface area contributed by atoms with Gasteiger partial charge in [-0.05, 0) is 22.4 Å². The Labute approximate surface area is 149 Å². The van der Waals surface area contributed by atoms with Crippen LogP contribution in [-0.2, 0) is 6.42 Å². The highest BCUT2D eigenvalue weighted by atomic mass is 16.3. The number of fused-ring (bicyclic) bond motifs is 2. The Morgan fingerprint density at radius 1 is 1.19 bits per heavy atom. The van der Waals surface area contributed by atoms with Gasteiger partial charge in [-0.2, -0.15) is 0 Å². The predicted octanol–water partition coefficient (Wildman–Crippen LogP) is 3.34. The second kappa shape index (κ2) is 5.84. The third-order valence-electron chi connectivity index (χ3n) is 4.92. The first-order chi connectivity index (χ1) is 12.8. The fourth-order valence-electron chi connectivity index (χ4n) is 3.67. The minimum Gasteiger partial charge on any atom is -0.438 e. The van der Waals surface area contributed by atoms with Gasteiger partial charge in [0, 0.05) is 18.7 Å². The van der Waals surface area contributed by atoms with Gasteiger partial charge >= 0.3 is 0 Å². The van der Waals surface area contributed by atoms with Gasteiger partial charge in [0.05, 0.1) is 18.2 Å². The number of aromatic nitrogens is 3. The number of carbonyl (C=O) groups excluding carboxylic acids is 1. The van der Waals surface area contributed by atoms with Gasteiger partial charge in [-0.3, -0.25) is 4.79 Å². The molecule has 6 heteroatoms. The van der Waals surface area contributed by atoms with E-state index < -0.39 is 0 Å². The number of imidazole rings is 1. The van der Waals surface area contributed by atoms with Crippen LogP contribution in [0.1, 0.15) is 33.5 Å². The highest BCUT2D eigenvalue weighted by Crippen LogP contribution is 2.35. The molecule has 0 unspecified atom stereocenters. The van der Waals surface area contributed by atoms with Crippen molar-refractivity contribution in [3.63, 3.8) is 0 Å². The number of carbonyl (C=O) groups is 1. The number of H-pyrrole nitrogens is 1. The molecule has 5 rings (SSSR count). The van der Waals surface area contributed by atoms with Gasteiger partial charge in [0.25, 0.3) is 5.91 Å². The maximum absolute atomic E-state index is 13.0. The molecule has 4 aromatic rings. The van der Waals surface area contributed by atoms with Crippen molar-refractivity contribution < 1.29 is 9.21 Å². The van der Waals surface area contributed by atoms with E-state index in [4.69, 9.17) is 4.42 Å². The summed E-state index contributed by atoms with van der Waals surface area (Å²) >= 11 is 0. The second-order valence-electron chi connectivity index (χ2n) is 6.39. The molecule has 0 fully saturated rings. The molecular formula is C20H16N4O2. The van der Waals surface area contributed by atoms with Crippen molar-refractivity contribution in [1.82, 2.24) is 19.9 Å². The number of amides is 1. The van der Waals surface area contributed by atoms with E-state index in [-0.39, 0.29) is 17.7 Å². The van der Waals surface area contributed by atoms with Crippen molar-refractivity contribution in [2.75, 3.05) is 6.54 Å². The zero-order chi connectivity index (χ0) is 17.5. The lowest BCUT2D eigenvalue weighted by atomic mass is 9.93. The molecule has 128 valence electrons. The van der Waals surface area contributed by atoms with Gasteiger partial charge in [-0.1, -0.05) is 36.4 Å². The lowest BCUT2D eigenvalue weighted by molar-refractivity contribution is 0.0658. The van der Waals surface area contributed by atoms with E-state index in [1.807, 2.05) is 17.0 Å². The van der Waals surface area contributed by atoms with Crippen LogP contribution in [0, 0.1) is 0 Å². The standard InChI is InChI=1S/C20H16N4O2/c25-20(17-10-21-12-26-17)24-8-7-16-18(23-11-22-16)19(24)15-6-5-13-3-1-2-4-14(13)9-15/h1-6,9-12,19H,7-8H2,(H,22,23)/t19-/m0/s1. The molecule has 3 heterocycles. The third kappa shape index (κ3) is 2.30. The quantitative estimate of drug-likeness (QED) is 0.605. The fourth-order valence-corrected chi connectivity index (χ4v) is 3.67. The molecule has 2 aromatic carbocycles. The number of nitrogens with one attached hydrogen (secondary N) is 1. The van der Waals surface area contributed by atoms with Gasteiger partial charge in [-0.15, -0.1) is 0 Å². The fraction of sp³-hybridized carbons (Fsp3) is 0.150. The van der Waals surface area contributed by atoms with Crippen LogP contribution in [0.25, 0.3) is 10.8 Å². The first-order valence-electron chi connectivity index (χ1n) is 8.51. The van der Waals surface area contributed by atoms with E-state index in [2.05, 4.69) is 45.3 Å². The molecule has 0 bridgehead atoms. The van der Waals surface area contributed by atoms with Crippen LogP contribution < -0.4 is 0 Å². The van der Waals surface area contributed by atoms with Crippen molar-refractivity contribution in [2.24, 2.45) is 0 Å². The van der Waals surface area contributed by atoms with Crippen molar-refractivity contribution >= 4 is 16.7 Å². The maximum atomic E-state index is 13.0. The Kier molecular flexibility index (Phi) is 3.35. The maximum Gasteiger partial charge on any atom is 0.292 e. The first-order valence-corrected chi connectivity index (χ1v) is 8.51. The number of nitrogens with zero attached hydrogens (tertiary/aromatic N) is 3. The van der Waals surface area contributed by atoms with Gasteiger partial charge < -0.3 is 14.3 Å². The average Bonchev–Trinajstić information content (AvgIpc) is 3.38. The molecule has 0 saturated heterocycles. The molecule has 1 aliphatic rings. The number of benzene rings is 2. The highest BCUT2D eigenvalue weighted by Gasteiger charge is 2.35. The molecule has 1 N–H and O–H groups in total. The lowest BCUT2D eigenvalue weighted by Gasteiger charge is -2.34. The summed E-state index contributed by atoms with van der Waals surface area (Å²) in [5, 5.41) is 2.31. The minimum atomic E-state index is -0.257. The van der Waals surface area contributed by atoms with Crippen LogP contribution in [0.2, 0.25) is 0 Å². The summed E-state index contributed by atoms with van der Waals surface area (Å²) in [7, 11) is 0. The summed E-state index contributed by atoms with van der Waals surface area (Å²) in [6, 6.07) is 14.2. The average molecular weight is 344 g/mol. The van der Waals surface area contributed by atoms with E-state index in [0.29, 0.717) is 6.54 Å². The zero-order valence-corrected chi connectivity index (χ0v) is 13.9. The summed E-state index contributed by atoms with van der Waals surface area (Å²) in [5.74, 6) is 0.0732. The van der Waals surface area contributed by atoms with Crippen LogP contribution in [0.5, 0.6) is 0 Å². The lowest BCUT2D eigenvalue weighted by Crippen LogP contribution is -2.40. The molecule has 26 heavy (non-hydrogen) atoms. The monoisotopic (exact) mass is 344 g/mol. The Balaban J connectivity index is 1.64. The van der Waals surface area contributed by atoms with E-state index in [1.165, 1.54) is 18.0 Å². The van der Waals surface area contributed by atoms with E-state index in [9.17, 15) is 4.79 Å². The van der Waals surface area contributed by atoms with Gasteiger partial charge in [0.15, 0.2) is 6.39 Å². The van der Waals surface area contributed by atoms with Crippen LogP contribution >= 0.6 is 0 Å². The molecule has 0 radical (unpaired) electrons. The topological polar surface area (TPSA) is 75.0 Å². The number of oxazole rings is 1. The Hall–Kier alpha value is -3.41. The molecule has 2 aromatic heterocycles. The van der Waals surface area contributed by atoms with Crippen molar-refractivity contribution in [3.05, 3.63) is 84.1 Å². The largest absolute Gasteiger partial charge is 0.438 e. The molecular weight excluding hydrogens is 328 g/mol. The summed E-state index contributed by atoms with van der Waals surface area (Å²) < 4.78 is 5.24. The van der Waals surface area contributed by atoms with Crippen molar-refractivity contribution in [3.8, 4) is 0 Å². The second-order valence-corrected chi connectivity index (χ2v) is 6.39. The number of hydrogen-bond acceptors (Lipinski definition) is 4. The van der Waals surface area contributed by atoms with Gasteiger partial charge in [-0.25, -0.2) is 9.97 Å². The Bertz CT molecular complexity index is 1080. The van der Waals surface area contributed by atoms with E-state index in [1.54, 1.807) is 6.33 Å². The molecule has 0 saturated carbocycles. The van der Waals surface area contributed by atoms with Crippen LogP contribution in [-0.4, -0.2) is 32.3 Å². The molecule has 6 nitrogen and oxygen atoms in total. The highest BCUT2D eigenvalue weighted by molar-refractivity contribution is 5.92. The van der Waals surface area contributed by atoms with Crippen molar-refractivity contribution in [2.45, 2.75) is 12.5 Å². The van der Waals surface area contributed by atoms with Crippen molar-refractivity contribution in [1.29, 1.82) is 0 Å². The van der Waals surface area contributed by atoms with E-state index >= 15 is 0 Å². The molecule has 1 aliphatic heterocycles. The smallest absolute Gasteiger partial charge is 0.292 e. The number of aromatic amines is 1. The number of hydrogen-bond donors (Lipinski definition) is 1. The summed E-state index contributed by atoms with van der Waals surface area (Å²) in [5.41, 5.74) is 2.99. The SMILES string of the molecule is O=C(c1cnco1)N1CCc2[nH]cnc2[C@@H]1c1ccc2ccccc2c1. The molecule has 1 atom stereocenters. The molecule has 0 spiro atoms. The van der Waals surface area contributed by atoms with E-state index in [0.717, 1.165) is 28.8 Å². The normalized spacial score (nSPS) is 16.6. The predicted molar refractivity (Wildman–Crippen MR) is 95.6 cm³/mol. The Morgan fingerprint density at radius 2 is 2.08 bits per heavy atom. The zero-order valence-electron chi connectivity index (χ0n) is 13.9. The van der Waals surface area contributed by atoms with Crippen LogP contribution in [0.4, 0.5) is 0 Å². The number of rotatable bonds is 2. The summed E-state index contributed by atoms with van der Waals surface area (Å²) in [6.07, 6.45) is 5.17. The summed E-state index contributed by atoms with van der Waals surface area (Å²) in [4.78, 5) is 26.4. The van der Waals surface area contributed by atoms with Crippen LogP contribution in [0.3, 0.4) is 0 Å².